The lowest BCUT2D eigenvalue weighted by atomic mass is 10.2. The topological polar surface area (TPSA) is 81.4 Å². The van der Waals surface area contributed by atoms with E-state index in [-0.39, 0.29) is 0 Å². The zero-order valence-corrected chi connectivity index (χ0v) is 13.7. The maximum absolute atomic E-state index is 11.4. The summed E-state index contributed by atoms with van der Waals surface area (Å²) in [6, 6.07) is 9.68. The first-order valence-corrected chi connectivity index (χ1v) is 8.73. The molecule has 23 heavy (non-hydrogen) atoms. The van der Waals surface area contributed by atoms with Crippen LogP contribution in [-0.2, 0) is 27.9 Å². The Morgan fingerprint density at radius 1 is 1.35 bits per heavy atom. The van der Waals surface area contributed by atoms with Gasteiger partial charge in [-0.2, -0.15) is 14.6 Å². The minimum Gasteiger partial charge on any atom is -0.378 e. The molecule has 0 amide bonds. The van der Waals surface area contributed by atoms with Crippen molar-refractivity contribution in [1.82, 2.24) is 19.6 Å². The number of nitrogens with zero attached hydrogens (tertiary/aromatic N) is 4. The zero-order chi connectivity index (χ0) is 16.2. The quantitative estimate of drug-likeness (QED) is 0.743. The maximum Gasteiger partial charge on any atom is 0.254 e. The van der Waals surface area contributed by atoms with E-state index < -0.39 is 10.8 Å². The fourth-order valence-electron chi connectivity index (χ4n) is 2.29. The van der Waals surface area contributed by atoms with E-state index in [0.717, 1.165) is 22.8 Å². The summed E-state index contributed by atoms with van der Waals surface area (Å²) in [4.78, 5) is 8.49. The van der Waals surface area contributed by atoms with Gasteiger partial charge in [-0.15, -0.1) is 0 Å². The molecule has 120 valence electrons. The highest BCUT2D eigenvalue weighted by atomic mass is 32.2. The summed E-state index contributed by atoms with van der Waals surface area (Å²) < 4.78 is 18.2. The number of aromatic nitrogens is 4. The van der Waals surface area contributed by atoms with Gasteiger partial charge in [0.1, 0.15) is 12.1 Å². The normalized spacial score (nSPS) is 12.4. The lowest BCUT2D eigenvalue weighted by Gasteiger charge is -2.10. The number of fused-ring (bicyclic) bond motifs is 1. The molecule has 0 aliphatic carbocycles. The van der Waals surface area contributed by atoms with E-state index in [1.54, 1.807) is 17.9 Å². The third-order valence-electron chi connectivity index (χ3n) is 3.17. The van der Waals surface area contributed by atoms with Crippen LogP contribution in [0.2, 0.25) is 0 Å². The minimum atomic E-state index is -0.875. The number of rotatable bonds is 6. The third kappa shape index (κ3) is 3.72. The molecule has 1 unspecified atom stereocenters. The van der Waals surface area contributed by atoms with Crippen LogP contribution in [0.15, 0.2) is 36.7 Å². The molecule has 0 aliphatic rings. The first-order chi connectivity index (χ1) is 11.2. The number of hydrogen-bond acceptors (Lipinski definition) is 6. The van der Waals surface area contributed by atoms with Gasteiger partial charge >= 0.3 is 0 Å². The highest BCUT2D eigenvalue weighted by molar-refractivity contribution is 7.83. The second-order valence-corrected chi connectivity index (χ2v) is 6.52. The number of anilines is 2. The fraction of sp³-hybridized carbons (Fsp3) is 0.267. The van der Waals surface area contributed by atoms with Gasteiger partial charge < -0.3 is 10.1 Å². The smallest absolute Gasteiger partial charge is 0.254 e. The molecule has 3 rings (SSSR count). The largest absolute Gasteiger partial charge is 0.378 e. The van der Waals surface area contributed by atoms with Crippen LogP contribution in [-0.4, -0.2) is 37.2 Å². The average Bonchev–Trinajstić information content (AvgIpc) is 2.96. The second-order valence-electron chi connectivity index (χ2n) is 5.08. The maximum atomic E-state index is 11.4. The Morgan fingerprint density at radius 3 is 3.00 bits per heavy atom. The molecule has 8 heteroatoms. The van der Waals surface area contributed by atoms with Gasteiger partial charge in [0.25, 0.3) is 5.78 Å². The van der Waals surface area contributed by atoms with Crippen LogP contribution in [0.1, 0.15) is 11.3 Å². The van der Waals surface area contributed by atoms with Gasteiger partial charge in [-0.05, 0) is 17.7 Å². The van der Waals surface area contributed by atoms with Gasteiger partial charge in [-0.25, -0.2) is 4.98 Å². The second kappa shape index (κ2) is 6.84. The van der Waals surface area contributed by atoms with Crippen LogP contribution < -0.4 is 5.32 Å². The summed E-state index contributed by atoms with van der Waals surface area (Å²) in [5.74, 6) is 1.78. The van der Waals surface area contributed by atoms with Crippen molar-refractivity contribution >= 4 is 28.1 Å². The number of methoxy groups -OCH3 is 1. The highest BCUT2D eigenvalue weighted by Crippen LogP contribution is 2.19. The average molecular weight is 331 g/mol. The van der Waals surface area contributed by atoms with E-state index in [1.807, 2.05) is 30.3 Å². The van der Waals surface area contributed by atoms with E-state index in [0.29, 0.717) is 18.1 Å². The molecule has 0 fully saturated rings. The van der Waals surface area contributed by atoms with Crippen molar-refractivity contribution in [3.8, 4) is 0 Å². The number of ether oxygens (including phenoxy) is 1. The van der Waals surface area contributed by atoms with Crippen molar-refractivity contribution in [3.05, 3.63) is 47.9 Å². The molecule has 1 aromatic carbocycles. The molecule has 0 bridgehead atoms. The van der Waals surface area contributed by atoms with Crippen molar-refractivity contribution in [2.24, 2.45) is 0 Å². The molecule has 1 N–H and O–H groups in total. The lowest BCUT2D eigenvalue weighted by molar-refractivity contribution is 0.181. The minimum absolute atomic E-state index is 0.396. The number of nitrogens with one attached hydrogen (secondary N) is 1. The Labute approximate surface area is 136 Å². The van der Waals surface area contributed by atoms with Crippen molar-refractivity contribution < 1.29 is 8.95 Å². The number of hydrogen-bond donors (Lipinski definition) is 1. The predicted molar refractivity (Wildman–Crippen MR) is 89.0 cm³/mol. The van der Waals surface area contributed by atoms with Crippen LogP contribution in [0.3, 0.4) is 0 Å². The highest BCUT2D eigenvalue weighted by Gasteiger charge is 2.08. The molecule has 0 radical (unpaired) electrons. The Balaban J connectivity index is 1.94. The zero-order valence-electron chi connectivity index (χ0n) is 12.9. The van der Waals surface area contributed by atoms with Gasteiger partial charge in [-0.1, -0.05) is 12.1 Å². The van der Waals surface area contributed by atoms with Crippen molar-refractivity contribution in [2.45, 2.75) is 12.4 Å². The molecule has 0 saturated heterocycles. The third-order valence-corrected chi connectivity index (χ3v) is 3.91. The molecule has 1 atom stereocenters. The summed E-state index contributed by atoms with van der Waals surface area (Å²) in [6.45, 7) is 0.396. The van der Waals surface area contributed by atoms with Crippen LogP contribution >= 0.6 is 0 Å². The number of benzene rings is 1. The lowest BCUT2D eigenvalue weighted by Crippen LogP contribution is -2.05. The Morgan fingerprint density at radius 2 is 2.22 bits per heavy atom. The van der Waals surface area contributed by atoms with E-state index in [9.17, 15) is 4.21 Å². The van der Waals surface area contributed by atoms with E-state index in [2.05, 4.69) is 20.4 Å². The van der Waals surface area contributed by atoms with E-state index >= 15 is 0 Å². The predicted octanol–water partition coefficient (Wildman–Crippen LogP) is 1.89. The molecular weight excluding hydrogens is 314 g/mol. The summed E-state index contributed by atoms with van der Waals surface area (Å²) in [7, 11) is 0.747. The van der Waals surface area contributed by atoms with Crippen molar-refractivity contribution in [2.75, 3.05) is 18.7 Å². The Bertz CT molecular complexity index is 849. The summed E-state index contributed by atoms with van der Waals surface area (Å²) in [5.41, 5.74) is 2.66. The first kappa shape index (κ1) is 15.6. The molecular formula is C15H17N5O2S. The van der Waals surface area contributed by atoms with Gasteiger partial charge in [0.15, 0.2) is 0 Å². The fourth-order valence-corrected chi connectivity index (χ4v) is 2.94. The first-order valence-electron chi connectivity index (χ1n) is 7.00. The van der Waals surface area contributed by atoms with Crippen LogP contribution in [0.5, 0.6) is 0 Å². The molecule has 0 saturated carbocycles. The molecule has 2 heterocycles. The van der Waals surface area contributed by atoms with Crippen molar-refractivity contribution in [1.29, 1.82) is 0 Å². The van der Waals surface area contributed by atoms with E-state index in [4.69, 9.17) is 4.74 Å². The van der Waals surface area contributed by atoms with Gasteiger partial charge in [0.2, 0.25) is 0 Å². The molecule has 0 aliphatic heterocycles. The molecule has 0 spiro atoms. The Hall–Kier alpha value is -2.32. The van der Waals surface area contributed by atoms with Crippen molar-refractivity contribution in [3.63, 3.8) is 0 Å². The summed E-state index contributed by atoms with van der Waals surface area (Å²) >= 11 is 0. The standard InChI is InChI=1S/C15H17N5O2S/c1-22-8-13-7-14(20-15(19-13)16-10-17-20)18-12-5-3-4-11(6-12)9-23(2)21/h3-7,10,18H,8-9H2,1-2H3. The van der Waals surface area contributed by atoms with Crippen LogP contribution in [0, 0.1) is 0 Å². The Kier molecular flexibility index (Phi) is 4.63. The summed E-state index contributed by atoms with van der Waals surface area (Å²) in [5, 5.41) is 7.49. The van der Waals surface area contributed by atoms with Crippen LogP contribution in [0.25, 0.3) is 5.78 Å². The van der Waals surface area contributed by atoms with Gasteiger partial charge in [0, 0.05) is 41.7 Å². The van der Waals surface area contributed by atoms with Crippen LogP contribution in [0.4, 0.5) is 11.5 Å². The monoisotopic (exact) mass is 331 g/mol. The van der Waals surface area contributed by atoms with Gasteiger partial charge in [-0.3, -0.25) is 4.21 Å². The SMILES string of the molecule is COCc1cc(Nc2cccc(CS(C)=O)c2)n2ncnc2n1. The summed E-state index contributed by atoms with van der Waals surface area (Å²) in [6.07, 6.45) is 3.15. The van der Waals surface area contributed by atoms with Gasteiger partial charge in [0.05, 0.1) is 12.3 Å². The molecule has 7 nitrogen and oxygen atoms in total. The molecule has 2 aromatic heterocycles. The van der Waals surface area contributed by atoms with E-state index in [1.165, 1.54) is 6.33 Å². The molecule has 3 aromatic rings.